The molecule has 1 aliphatic heterocycles. The first-order valence-corrected chi connectivity index (χ1v) is 10.5. The van der Waals surface area contributed by atoms with E-state index in [1.807, 2.05) is 38.1 Å². The van der Waals surface area contributed by atoms with Crippen molar-refractivity contribution in [3.63, 3.8) is 0 Å². The van der Waals surface area contributed by atoms with E-state index >= 15 is 0 Å². The number of rotatable bonds is 5. The molecule has 1 fully saturated rings. The maximum absolute atomic E-state index is 12.7. The number of piperidine rings is 1. The van der Waals surface area contributed by atoms with Gasteiger partial charge < -0.3 is 5.11 Å². The van der Waals surface area contributed by atoms with Crippen molar-refractivity contribution in [3.8, 4) is 0 Å². The van der Waals surface area contributed by atoms with Crippen LogP contribution in [0.3, 0.4) is 0 Å². The average Bonchev–Trinajstić information content (AvgIpc) is 2.63. The minimum Gasteiger partial charge on any atom is -0.392 e. The van der Waals surface area contributed by atoms with Gasteiger partial charge in [0.05, 0.1) is 18.1 Å². The van der Waals surface area contributed by atoms with Crippen LogP contribution in [-0.4, -0.2) is 40.9 Å². The Bertz CT molecular complexity index is 858. The summed E-state index contributed by atoms with van der Waals surface area (Å²) in [6.45, 7) is 4.67. The Labute approximate surface area is 155 Å². The number of aliphatic hydroxyl groups excluding tert-OH is 1. The Kier molecular flexibility index (Phi) is 5.70. The molecule has 0 unspecified atom stereocenters. The van der Waals surface area contributed by atoms with Crippen molar-refractivity contribution in [3.05, 3.63) is 58.7 Å². The Morgan fingerprint density at radius 3 is 2.42 bits per heavy atom. The molecule has 1 saturated heterocycles. The van der Waals surface area contributed by atoms with Gasteiger partial charge >= 0.3 is 0 Å². The SMILES string of the molecule is Cc1ccc(CS(=O)(=O)N2CCC(c3nc(C)ncc3CO)CC2)cc1. The molecule has 0 radical (unpaired) electrons. The Hall–Kier alpha value is -1.83. The summed E-state index contributed by atoms with van der Waals surface area (Å²) >= 11 is 0. The van der Waals surface area contributed by atoms with Gasteiger partial charge in [-0.3, -0.25) is 0 Å². The molecule has 1 aliphatic rings. The number of sulfonamides is 1. The lowest BCUT2D eigenvalue weighted by molar-refractivity contribution is 0.272. The predicted octanol–water partition coefficient (Wildman–Crippen LogP) is 2.30. The molecule has 0 aliphatic carbocycles. The van der Waals surface area contributed by atoms with Crippen LogP contribution in [0.15, 0.2) is 30.5 Å². The molecule has 140 valence electrons. The third kappa shape index (κ3) is 4.28. The number of nitrogens with zero attached hydrogens (tertiary/aromatic N) is 3. The van der Waals surface area contributed by atoms with Crippen LogP contribution in [0.1, 0.15) is 47.0 Å². The van der Waals surface area contributed by atoms with Crippen molar-refractivity contribution in [1.29, 1.82) is 0 Å². The molecule has 0 spiro atoms. The van der Waals surface area contributed by atoms with E-state index in [-0.39, 0.29) is 18.3 Å². The molecule has 0 atom stereocenters. The molecule has 1 aromatic carbocycles. The monoisotopic (exact) mass is 375 g/mol. The van der Waals surface area contributed by atoms with E-state index in [1.165, 1.54) is 0 Å². The molecular formula is C19H25N3O3S. The van der Waals surface area contributed by atoms with Crippen LogP contribution in [-0.2, 0) is 22.4 Å². The molecule has 2 aromatic rings. The molecule has 6 nitrogen and oxygen atoms in total. The van der Waals surface area contributed by atoms with Gasteiger partial charge in [0, 0.05) is 30.8 Å². The number of aromatic nitrogens is 2. The standard InChI is InChI=1S/C19H25N3O3S/c1-14-3-5-16(6-4-14)13-26(24,25)22-9-7-17(8-10-22)19-18(12-23)11-20-15(2)21-19/h3-6,11,17,23H,7-10,12-13H2,1-2H3. The van der Waals surface area contributed by atoms with Gasteiger partial charge in [0.15, 0.2) is 0 Å². The quantitative estimate of drug-likeness (QED) is 0.867. The van der Waals surface area contributed by atoms with Crippen molar-refractivity contribution in [2.45, 2.75) is 45.0 Å². The molecule has 26 heavy (non-hydrogen) atoms. The Morgan fingerprint density at radius 2 is 1.81 bits per heavy atom. The first-order valence-electron chi connectivity index (χ1n) is 8.85. The number of aryl methyl sites for hydroxylation is 2. The highest BCUT2D eigenvalue weighted by molar-refractivity contribution is 7.88. The molecule has 0 amide bonds. The summed E-state index contributed by atoms with van der Waals surface area (Å²) in [6.07, 6.45) is 3.07. The summed E-state index contributed by atoms with van der Waals surface area (Å²) in [5.41, 5.74) is 3.52. The van der Waals surface area contributed by atoms with Crippen molar-refractivity contribution in [2.75, 3.05) is 13.1 Å². The van der Waals surface area contributed by atoms with Gasteiger partial charge in [-0.1, -0.05) is 29.8 Å². The summed E-state index contributed by atoms with van der Waals surface area (Å²) in [4.78, 5) is 8.63. The number of aliphatic hydroxyl groups is 1. The van der Waals surface area contributed by atoms with E-state index in [0.29, 0.717) is 31.8 Å². The zero-order valence-electron chi connectivity index (χ0n) is 15.2. The third-order valence-corrected chi connectivity index (χ3v) is 6.74. The summed E-state index contributed by atoms with van der Waals surface area (Å²) < 4.78 is 27.0. The average molecular weight is 375 g/mol. The van der Waals surface area contributed by atoms with Crippen molar-refractivity contribution in [1.82, 2.24) is 14.3 Å². The molecule has 0 bridgehead atoms. The maximum atomic E-state index is 12.7. The topological polar surface area (TPSA) is 83.4 Å². The maximum Gasteiger partial charge on any atom is 0.218 e. The Balaban J connectivity index is 1.68. The largest absolute Gasteiger partial charge is 0.392 e. The van der Waals surface area contributed by atoms with Gasteiger partial charge in [-0.05, 0) is 32.3 Å². The van der Waals surface area contributed by atoms with Crippen LogP contribution in [0.5, 0.6) is 0 Å². The van der Waals surface area contributed by atoms with Crippen molar-refractivity contribution < 1.29 is 13.5 Å². The van der Waals surface area contributed by atoms with Crippen LogP contribution in [0.4, 0.5) is 0 Å². The second-order valence-electron chi connectivity index (χ2n) is 6.90. The molecule has 1 aromatic heterocycles. The zero-order chi connectivity index (χ0) is 18.7. The fourth-order valence-electron chi connectivity index (χ4n) is 3.38. The van der Waals surface area contributed by atoms with Gasteiger partial charge in [0.25, 0.3) is 0 Å². The minimum absolute atomic E-state index is 0.0342. The summed E-state index contributed by atoms with van der Waals surface area (Å²) in [5.74, 6) is 0.864. The van der Waals surface area contributed by atoms with E-state index in [9.17, 15) is 13.5 Å². The van der Waals surface area contributed by atoms with Crippen LogP contribution in [0.25, 0.3) is 0 Å². The van der Waals surface area contributed by atoms with Gasteiger partial charge in [0.1, 0.15) is 5.82 Å². The Morgan fingerprint density at radius 1 is 1.15 bits per heavy atom. The lowest BCUT2D eigenvalue weighted by Crippen LogP contribution is -2.38. The third-order valence-electron chi connectivity index (χ3n) is 4.89. The van der Waals surface area contributed by atoms with Crippen LogP contribution in [0, 0.1) is 13.8 Å². The van der Waals surface area contributed by atoms with E-state index in [1.54, 1.807) is 10.5 Å². The summed E-state index contributed by atoms with van der Waals surface area (Å²) in [5, 5.41) is 9.52. The van der Waals surface area contributed by atoms with Crippen LogP contribution < -0.4 is 0 Å². The number of hydrogen-bond acceptors (Lipinski definition) is 5. The lowest BCUT2D eigenvalue weighted by Gasteiger charge is -2.31. The van der Waals surface area contributed by atoms with Crippen molar-refractivity contribution in [2.24, 2.45) is 0 Å². The predicted molar refractivity (Wildman–Crippen MR) is 100 cm³/mol. The second kappa shape index (κ2) is 7.82. The molecule has 1 N–H and O–H groups in total. The fraction of sp³-hybridized carbons (Fsp3) is 0.474. The highest BCUT2D eigenvalue weighted by atomic mass is 32.2. The zero-order valence-corrected chi connectivity index (χ0v) is 16.0. The summed E-state index contributed by atoms with van der Waals surface area (Å²) in [7, 11) is -3.33. The van der Waals surface area contributed by atoms with Gasteiger partial charge in [-0.2, -0.15) is 0 Å². The molecule has 0 saturated carbocycles. The highest BCUT2D eigenvalue weighted by Gasteiger charge is 2.30. The normalized spacial score (nSPS) is 16.7. The van der Waals surface area contributed by atoms with E-state index < -0.39 is 10.0 Å². The van der Waals surface area contributed by atoms with Crippen LogP contribution >= 0.6 is 0 Å². The molecular weight excluding hydrogens is 350 g/mol. The van der Waals surface area contributed by atoms with Gasteiger partial charge in [0.2, 0.25) is 10.0 Å². The smallest absolute Gasteiger partial charge is 0.218 e. The molecule has 3 rings (SSSR count). The first kappa shape index (κ1) is 18.9. The summed E-state index contributed by atoms with van der Waals surface area (Å²) in [6, 6.07) is 7.61. The number of hydrogen-bond donors (Lipinski definition) is 1. The minimum atomic E-state index is -3.33. The first-order chi connectivity index (χ1) is 12.4. The van der Waals surface area contributed by atoms with E-state index in [0.717, 1.165) is 22.4 Å². The lowest BCUT2D eigenvalue weighted by atomic mass is 9.92. The van der Waals surface area contributed by atoms with Gasteiger partial charge in [-0.15, -0.1) is 0 Å². The van der Waals surface area contributed by atoms with Crippen molar-refractivity contribution >= 4 is 10.0 Å². The van der Waals surface area contributed by atoms with Gasteiger partial charge in [-0.25, -0.2) is 22.7 Å². The molecule has 7 heteroatoms. The fourth-order valence-corrected chi connectivity index (χ4v) is 4.94. The van der Waals surface area contributed by atoms with Crippen LogP contribution in [0.2, 0.25) is 0 Å². The van der Waals surface area contributed by atoms with E-state index in [4.69, 9.17) is 0 Å². The second-order valence-corrected chi connectivity index (χ2v) is 8.87. The highest BCUT2D eigenvalue weighted by Crippen LogP contribution is 2.30. The molecule has 2 heterocycles. The number of benzene rings is 1. The van der Waals surface area contributed by atoms with E-state index in [2.05, 4.69) is 9.97 Å².